The van der Waals surface area contributed by atoms with Crippen LogP contribution in [0.5, 0.6) is 0 Å². The number of anilines is 1. The highest BCUT2D eigenvalue weighted by molar-refractivity contribution is 6.13. The van der Waals surface area contributed by atoms with E-state index in [1.165, 1.54) is 0 Å². The zero-order valence-corrected chi connectivity index (χ0v) is 15.1. The number of hydrogen-bond donors (Lipinski definition) is 1. The number of nitrogens with one attached hydrogen (secondary N) is 1. The highest BCUT2D eigenvalue weighted by Gasteiger charge is 2.42. The van der Waals surface area contributed by atoms with E-state index in [0.717, 1.165) is 22.0 Å². The van der Waals surface area contributed by atoms with E-state index < -0.39 is 5.67 Å². The SMILES string of the molecule is FC1(c2ccc3ccccc3c2)CNc2ccccc2C1=Nc1ccncc1. The Bertz CT molecular complexity index is 1190. The van der Waals surface area contributed by atoms with Crippen LogP contribution in [0.15, 0.2) is 96.2 Å². The number of nitrogens with zero attached hydrogens (tertiary/aromatic N) is 2. The summed E-state index contributed by atoms with van der Waals surface area (Å²) in [5.74, 6) is 0. The molecule has 0 amide bonds. The summed E-state index contributed by atoms with van der Waals surface area (Å²) in [6.45, 7) is 0.131. The Morgan fingerprint density at radius 2 is 1.61 bits per heavy atom. The number of pyridine rings is 1. The first-order valence-electron chi connectivity index (χ1n) is 9.25. The average molecular weight is 367 g/mol. The number of alkyl halides is 1. The molecule has 1 atom stereocenters. The Hall–Kier alpha value is -3.53. The summed E-state index contributed by atoms with van der Waals surface area (Å²) in [6, 6.07) is 25.1. The number of para-hydroxylation sites is 1. The lowest BCUT2D eigenvalue weighted by Gasteiger charge is -2.34. The fourth-order valence-electron chi connectivity index (χ4n) is 3.73. The third-order valence-electron chi connectivity index (χ3n) is 5.19. The number of rotatable bonds is 2. The van der Waals surface area contributed by atoms with Crippen LogP contribution in [0.4, 0.5) is 15.8 Å². The maximum absolute atomic E-state index is 16.7. The van der Waals surface area contributed by atoms with E-state index in [2.05, 4.69) is 10.3 Å². The highest BCUT2D eigenvalue weighted by Crippen LogP contribution is 2.39. The van der Waals surface area contributed by atoms with Crippen molar-refractivity contribution in [3.8, 4) is 0 Å². The molecule has 2 heterocycles. The van der Waals surface area contributed by atoms with E-state index >= 15 is 4.39 Å². The molecule has 1 aliphatic heterocycles. The predicted octanol–water partition coefficient (Wildman–Crippen LogP) is 5.65. The molecule has 0 aliphatic carbocycles. The van der Waals surface area contributed by atoms with Crippen molar-refractivity contribution in [1.82, 2.24) is 4.98 Å². The zero-order valence-electron chi connectivity index (χ0n) is 15.1. The number of halogens is 1. The van der Waals surface area contributed by atoms with E-state index in [9.17, 15) is 0 Å². The Kier molecular flexibility index (Phi) is 3.90. The number of aliphatic imine (C=N–C) groups is 1. The minimum atomic E-state index is -1.75. The molecule has 5 rings (SSSR count). The van der Waals surface area contributed by atoms with Crippen molar-refractivity contribution in [2.75, 3.05) is 11.9 Å². The lowest BCUT2D eigenvalue weighted by molar-refractivity contribution is 0.277. The molecule has 3 nitrogen and oxygen atoms in total. The molecule has 0 saturated carbocycles. The van der Waals surface area contributed by atoms with Gasteiger partial charge in [0.1, 0.15) is 0 Å². The second-order valence-corrected chi connectivity index (χ2v) is 6.93. The molecule has 28 heavy (non-hydrogen) atoms. The smallest absolute Gasteiger partial charge is 0.195 e. The van der Waals surface area contributed by atoms with Crippen LogP contribution in [0, 0.1) is 0 Å². The lowest BCUT2D eigenvalue weighted by Crippen LogP contribution is -2.42. The molecule has 1 N–H and O–H groups in total. The van der Waals surface area contributed by atoms with Crippen molar-refractivity contribution in [2.24, 2.45) is 4.99 Å². The summed E-state index contributed by atoms with van der Waals surface area (Å²) in [6.07, 6.45) is 3.34. The molecule has 0 spiro atoms. The summed E-state index contributed by atoms with van der Waals surface area (Å²) in [7, 11) is 0. The number of fused-ring (bicyclic) bond motifs is 2. The van der Waals surface area contributed by atoms with Gasteiger partial charge in [-0.1, -0.05) is 54.6 Å². The van der Waals surface area contributed by atoms with Crippen LogP contribution in [-0.4, -0.2) is 17.2 Å². The van der Waals surface area contributed by atoms with Gasteiger partial charge in [0.05, 0.1) is 17.9 Å². The largest absolute Gasteiger partial charge is 0.380 e. The molecule has 1 aromatic heterocycles. The van der Waals surface area contributed by atoms with E-state index in [1.807, 2.05) is 66.7 Å². The van der Waals surface area contributed by atoms with Crippen LogP contribution in [-0.2, 0) is 5.67 Å². The third kappa shape index (κ3) is 2.74. The lowest BCUT2D eigenvalue weighted by atomic mass is 9.82. The first-order chi connectivity index (χ1) is 13.7. The quantitative estimate of drug-likeness (QED) is 0.497. The molecular formula is C24H18FN3. The van der Waals surface area contributed by atoms with Crippen molar-refractivity contribution in [1.29, 1.82) is 0 Å². The van der Waals surface area contributed by atoms with Gasteiger partial charge in [0.25, 0.3) is 0 Å². The number of benzene rings is 3. The van der Waals surface area contributed by atoms with Crippen molar-refractivity contribution < 1.29 is 4.39 Å². The van der Waals surface area contributed by atoms with Gasteiger partial charge in [-0.25, -0.2) is 9.38 Å². The minimum absolute atomic E-state index is 0.131. The maximum Gasteiger partial charge on any atom is 0.195 e. The molecule has 4 heteroatoms. The molecule has 1 aliphatic rings. The topological polar surface area (TPSA) is 37.3 Å². The van der Waals surface area contributed by atoms with Gasteiger partial charge in [-0.05, 0) is 40.6 Å². The van der Waals surface area contributed by atoms with E-state index in [-0.39, 0.29) is 6.54 Å². The Morgan fingerprint density at radius 1 is 0.857 bits per heavy atom. The predicted molar refractivity (Wildman–Crippen MR) is 112 cm³/mol. The summed E-state index contributed by atoms with van der Waals surface area (Å²) in [5, 5.41) is 5.35. The van der Waals surface area contributed by atoms with Crippen LogP contribution >= 0.6 is 0 Å². The second-order valence-electron chi connectivity index (χ2n) is 6.93. The van der Waals surface area contributed by atoms with Crippen LogP contribution in [0.25, 0.3) is 10.8 Å². The van der Waals surface area contributed by atoms with Crippen LogP contribution in [0.1, 0.15) is 11.1 Å². The number of hydrogen-bond acceptors (Lipinski definition) is 3. The van der Waals surface area contributed by atoms with Gasteiger partial charge in [0.2, 0.25) is 0 Å². The Balaban J connectivity index is 1.72. The average Bonchev–Trinajstić information content (AvgIpc) is 2.76. The first-order valence-corrected chi connectivity index (χ1v) is 9.25. The number of aromatic nitrogens is 1. The third-order valence-corrected chi connectivity index (χ3v) is 5.19. The molecular weight excluding hydrogens is 349 g/mol. The van der Waals surface area contributed by atoms with E-state index in [4.69, 9.17) is 4.99 Å². The molecule has 0 bridgehead atoms. The minimum Gasteiger partial charge on any atom is -0.380 e. The standard InChI is InChI=1S/C24H18FN3/c25-24(19-10-9-17-5-1-2-6-18(17)15-19)16-27-22-8-4-3-7-21(22)23(24)28-20-11-13-26-14-12-20/h1-15,27H,16H2. The Labute approximate surface area is 162 Å². The maximum atomic E-state index is 16.7. The van der Waals surface area contributed by atoms with Crippen LogP contribution in [0.2, 0.25) is 0 Å². The molecule has 1 unspecified atom stereocenters. The van der Waals surface area contributed by atoms with Crippen molar-refractivity contribution in [3.63, 3.8) is 0 Å². The molecule has 4 aromatic rings. The molecule has 3 aromatic carbocycles. The van der Waals surface area contributed by atoms with Crippen LogP contribution < -0.4 is 5.32 Å². The van der Waals surface area contributed by atoms with Crippen molar-refractivity contribution in [2.45, 2.75) is 5.67 Å². The van der Waals surface area contributed by atoms with Gasteiger partial charge < -0.3 is 5.32 Å². The van der Waals surface area contributed by atoms with Gasteiger partial charge >= 0.3 is 0 Å². The highest BCUT2D eigenvalue weighted by atomic mass is 19.1. The summed E-state index contributed by atoms with van der Waals surface area (Å²) < 4.78 is 16.7. The van der Waals surface area contributed by atoms with Gasteiger partial charge in [-0.2, -0.15) is 0 Å². The fraction of sp³-hybridized carbons (Fsp3) is 0.0833. The monoisotopic (exact) mass is 367 g/mol. The molecule has 0 radical (unpaired) electrons. The molecule has 0 saturated heterocycles. The summed E-state index contributed by atoms with van der Waals surface area (Å²) in [4.78, 5) is 8.77. The van der Waals surface area contributed by atoms with E-state index in [0.29, 0.717) is 17.0 Å². The van der Waals surface area contributed by atoms with Gasteiger partial charge in [-0.15, -0.1) is 0 Å². The normalized spacial score (nSPS) is 20.0. The van der Waals surface area contributed by atoms with Gasteiger partial charge in [0.15, 0.2) is 5.67 Å². The van der Waals surface area contributed by atoms with E-state index in [1.54, 1.807) is 24.5 Å². The van der Waals surface area contributed by atoms with Crippen molar-refractivity contribution in [3.05, 3.63) is 102 Å². The van der Waals surface area contributed by atoms with Crippen molar-refractivity contribution >= 4 is 27.9 Å². The van der Waals surface area contributed by atoms with Crippen LogP contribution in [0.3, 0.4) is 0 Å². The Morgan fingerprint density at radius 3 is 2.46 bits per heavy atom. The molecule has 136 valence electrons. The zero-order chi connectivity index (χ0) is 19.0. The van der Waals surface area contributed by atoms with Gasteiger partial charge in [0, 0.05) is 23.6 Å². The molecule has 0 fully saturated rings. The second kappa shape index (κ2) is 6.57. The summed E-state index contributed by atoms with van der Waals surface area (Å²) >= 11 is 0. The fourth-order valence-corrected chi connectivity index (χ4v) is 3.73. The first kappa shape index (κ1) is 16.6. The summed E-state index contributed by atoms with van der Waals surface area (Å²) in [5.41, 5.74) is 1.63. The van der Waals surface area contributed by atoms with Gasteiger partial charge in [-0.3, -0.25) is 4.98 Å².